The van der Waals surface area contributed by atoms with Crippen LogP contribution in [-0.4, -0.2) is 18.3 Å². The minimum atomic E-state index is -0.762. The number of aliphatic hydroxyl groups is 1. The van der Waals surface area contributed by atoms with E-state index in [1.54, 1.807) is 0 Å². The largest absolute Gasteiger partial charge is 0.385 e. The van der Waals surface area contributed by atoms with Gasteiger partial charge < -0.3 is 9.84 Å². The molecule has 0 bridgehead atoms. The Hall–Kier alpha value is -0.380. The van der Waals surface area contributed by atoms with E-state index in [9.17, 15) is 5.11 Å². The van der Waals surface area contributed by atoms with Crippen LogP contribution >= 0.6 is 15.9 Å². The number of hydrogen-bond donors (Lipinski definition) is 1. The van der Waals surface area contributed by atoms with Gasteiger partial charge in [-0.2, -0.15) is 0 Å². The van der Waals surface area contributed by atoms with Crippen molar-refractivity contribution in [1.82, 2.24) is 0 Å². The van der Waals surface area contributed by atoms with Crippen molar-refractivity contribution in [1.29, 1.82) is 0 Å². The Morgan fingerprint density at radius 3 is 2.65 bits per heavy atom. The SMILES string of the molecule is CC(O)(CC1CCOCC1)c1ccccc1Br. The average Bonchev–Trinajstić information content (AvgIpc) is 2.30. The van der Waals surface area contributed by atoms with Crippen LogP contribution in [0.3, 0.4) is 0 Å². The smallest absolute Gasteiger partial charge is 0.0882 e. The average molecular weight is 299 g/mol. The van der Waals surface area contributed by atoms with Gasteiger partial charge in [-0.3, -0.25) is 0 Å². The number of ether oxygens (including phenoxy) is 1. The molecule has 1 saturated heterocycles. The van der Waals surface area contributed by atoms with Crippen LogP contribution in [-0.2, 0) is 10.3 Å². The maximum Gasteiger partial charge on any atom is 0.0882 e. The molecule has 2 nitrogen and oxygen atoms in total. The lowest BCUT2D eigenvalue weighted by atomic mass is 9.83. The van der Waals surface area contributed by atoms with Gasteiger partial charge in [0, 0.05) is 17.7 Å². The third kappa shape index (κ3) is 3.30. The molecular weight excluding hydrogens is 280 g/mol. The lowest BCUT2D eigenvalue weighted by Gasteiger charge is -2.31. The minimum absolute atomic E-state index is 0.561. The van der Waals surface area contributed by atoms with Crippen molar-refractivity contribution in [3.8, 4) is 0 Å². The lowest BCUT2D eigenvalue weighted by Crippen LogP contribution is -2.28. The summed E-state index contributed by atoms with van der Waals surface area (Å²) in [6, 6.07) is 7.91. The van der Waals surface area contributed by atoms with Crippen LogP contribution in [0.1, 0.15) is 31.7 Å². The van der Waals surface area contributed by atoms with Gasteiger partial charge in [0.2, 0.25) is 0 Å². The molecule has 1 aliphatic rings. The molecule has 17 heavy (non-hydrogen) atoms. The highest BCUT2D eigenvalue weighted by molar-refractivity contribution is 9.10. The van der Waals surface area contributed by atoms with E-state index in [-0.39, 0.29) is 0 Å². The maximum atomic E-state index is 10.6. The number of hydrogen-bond acceptors (Lipinski definition) is 2. The highest BCUT2D eigenvalue weighted by Crippen LogP contribution is 2.35. The van der Waals surface area contributed by atoms with Crippen molar-refractivity contribution in [2.75, 3.05) is 13.2 Å². The number of rotatable bonds is 3. The first-order valence-corrected chi connectivity index (χ1v) is 6.94. The highest BCUT2D eigenvalue weighted by atomic mass is 79.9. The summed E-state index contributed by atoms with van der Waals surface area (Å²) in [5.74, 6) is 0.561. The molecule has 0 aliphatic carbocycles. The zero-order chi connectivity index (χ0) is 12.3. The van der Waals surface area contributed by atoms with Gasteiger partial charge in [0.15, 0.2) is 0 Å². The fraction of sp³-hybridized carbons (Fsp3) is 0.571. The minimum Gasteiger partial charge on any atom is -0.385 e. The standard InChI is InChI=1S/C14H19BrO2/c1-14(16,10-11-6-8-17-9-7-11)12-4-2-3-5-13(12)15/h2-5,11,16H,6-10H2,1H3. The van der Waals surface area contributed by atoms with Crippen LogP contribution in [0, 0.1) is 5.92 Å². The van der Waals surface area contributed by atoms with E-state index in [2.05, 4.69) is 15.9 Å². The molecule has 0 aromatic heterocycles. The summed E-state index contributed by atoms with van der Waals surface area (Å²) in [5, 5.41) is 10.6. The van der Waals surface area contributed by atoms with Gasteiger partial charge in [0.05, 0.1) is 5.60 Å². The molecule has 1 N–H and O–H groups in total. The van der Waals surface area contributed by atoms with Gasteiger partial charge in [0.25, 0.3) is 0 Å². The third-order valence-corrected chi connectivity index (χ3v) is 4.17. The highest BCUT2D eigenvalue weighted by Gasteiger charge is 2.29. The summed E-state index contributed by atoms with van der Waals surface area (Å²) in [5.41, 5.74) is 0.216. The van der Waals surface area contributed by atoms with Gasteiger partial charge in [-0.15, -0.1) is 0 Å². The molecule has 1 aromatic carbocycles. The summed E-state index contributed by atoms with van der Waals surface area (Å²) in [6.45, 7) is 3.57. The van der Waals surface area contributed by atoms with Crippen molar-refractivity contribution >= 4 is 15.9 Å². The van der Waals surface area contributed by atoms with Crippen LogP contribution in [0.5, 0.6) is 0 Å². The first-order chi connectivity index (χ1) is 8.09. The van der Waals surface area contributed by atoms with Crippen LogP contribution in [0.2, 0.25) is 0 Å². The van der Waals surface area contributed by atoms with E-state index in [0.29, 0.717) is 5.92 Å². The van der Waals surface area contributed by atoms with Crippen molar-refractivity contribution < 1.29 is 9.84 Å². The molecule has 1 aromatic rings. The van der Waals surface area contributed by atoms with Gasteiger partial charge in [-0.1, -0.05) is 34.1 Å². The number of benzene rings is 1. The zero-order valence-electron chi connectivity index (χ0n) is 10.2. The quantitative estimate of drug-likeness (QED) is 0.926. The Morgan fingerprint density at radius 2 is 2.00 bits per heavy atom. The molecule has 0 saturated carbocycles. The molecule has 94 valence electrons. The van der Waals surface area contributed by atoms with Gasteiger partial charge in [-0.25, -0.2) is 0 Å². The first-order valence-electron chi connectivity index (χ1n) is 6.15. The van der Waals surface area contributed by atoms with Gasteiger partial charge >= 0.3 is 0 Å². The molecule has 1 heterocycles. The fourth-order valence-corrected chi connectivity index (χ4v) is 3.23. The molecule has 1 aliphatic heterocycles. The van der Waals surface area contributed by atoms with Crippen LogP contribution in [0.15, 0.2) is 28.7 Å². The zero-order valence-corrected chi connectivity index (χ0v) is 11.7. The molecule has 1 atom stereocenters. The van der Waals surface area contributed by atoms with Gasteiger partial charge in [-0.05, 0) is 43.7 Å². The lowest BCUT2D eigenvalue weighted by molar-refractivity contribution is -0.00346. The summed E-state index contributed by atoms with van der Waals surface area (Å²) >= 11 is 3.51. The second kappa shape index (κ2) is 5.51. The third-order valence-electron chi connectivity index (χ3n) is 3.48. The van der Waals surface area contributed by atoms with Gasteiger partial charge in [0.1, 0.15) is 0 Å². The monoisotopic (exact) mass is 298 g/mol. The normalized spacial score (nSPS) is 21.1. The van der Waals surface area contributed by atoms with Crippen molar-refractivity contribution in [2.45, 2.75) is 31.8 Å². The summed E-state index contributed by atoms with van der Waals surface area (Å²) in [4.78, 5) is 0. The Bertz CT molecular complexity index is 370. The molecular formula is C14H19BrO2. The Balaban J connectivity index is 2.10. The maximum absolute atomic E-state index is 10.6. The molecule has 0 radical (unpaired) electrons. The molecule has 2 rings (SSSR count). The molecule has 0 amide bonds. The van der Waals surface area contributed by atoms with E-state index in [1.165, 1.54) is 0 Å². The molecule has 3 heteroatoms. The van der Waals surface area contributed by atoms with Crippen LogP contribution in [0.25, 0.3) is 0 Å². The first kappa shape index (κ1) is 13.1. The fourth-order valence-electron chi connectivity index (χ4n) is 2.52. The topological polar surface area (TPSA) is 29.5 Å². The molecule has 0 spiro atoms. The van der Waals surface area contributed by atoms with E-state index in [0.717, 1.165) is 42.5 Å². The second-order valence-corrected chi connectivity index (χ2v) is 5.87. The Kier molecular flexibility index (Phi) is 4.23. The summed E-state index contributed by atoms with van der Waals surface area (Å²) < 4.78 is 6.34. The van der Waals surface area contributed by atoms with Crippen molar-refractivity contribution in [2.24, 2.45) is 5.92 Å². The van der Waals surface area contributed by atoms with E-state index < -0.39 is 5.60 Å². The molecule has 1 unspecified atom stereocenters. The second-order valence-electron chi connectivity index (χ2n) is 5.01. The van der Waals surface area contributed by atoms with Crippen molar-refractivity contribution in [3.63, 3.8) is 0 Å². The van der Waals surface area contributed by atoms with Crippen molar-refractivity contribution in [3.05, 3.63) is 34.3 Å². The van der Waals surface area contributed by atoms with E-state index in [1.807, 2.05) is 31.2 Å². The number of halogens is 1. The van der Waals surface area contributed by atoms with E-state index in [4.69, 9.17) is 4.74 Å². The molecule has 1 fully saturated rings. The van der Waals surface area contributed by atoms with Crippen LogP contribution < -0.4 is 0 Å². The Labute approximate surface area is 111 Å². The summed E-state index contributed by atoms with van der Waals surface area (Å²) in [7, 11) is 0. The predicted molar refractivity (Wildman–Crippen MR) is 71.9 cm³/mol. The van der Waals surface area contributed by atoms with E-state index >= 15 is 0 Å². The predicted octanol–water partition coefficient (Wildman–Crippen LogP) is 3.47. The van der Waals surface area contributed by atoms with Crippen LogP contribution in [0.4, 0.5) is 0 Å². The summed E-state index contributed by atoms with van der Waals surface area (Å²) in [6.07, 6.45) is 2.92. The Morgan fingerprint density at radius 1 is 1.35 bits per heavy atom.